The van der Waals surface area contributed by atoms with Gasteiger partial charge in [0.1, 0.15) is 0 Å². The van der Waals surface area contributed by atoms with E-state index in [4.69, 9.17) is 0 Å². The minimum Gasteiger partial charge on any atom is -0.396 e. The maximum absolute atomic E-state index is 10.7. The predicted octanol–water partition coefficient (Wildman–Crippen LogP) is 2.22. The molecule has 1 aromatic rings. The van der Waals surface area contributed by atoms with E-state index < -0.39 is 0 Å². The van der Waals surface area contributed by atoms with E-state index in [0.717, 1.165) is 24.8 Å². The van der Waals surface area contributed by atoms with Crippen LogP contribution in [-0.4, -0.2) is 16.6 Å². The Kier molecular flexibility index (Phi) is 2.68. The van der Waals surface area contributed by atoms with Crippen LogP contribution in [0.4, 0.5) is 5.69 Å². The molecule has 0 saturated heterocycles. The number of nitro groups is 1. The average molecular weight is 221 g/mol. The molecule has 0 bridgehead atoms. The van der Waals surface area contributed by atoms with Crippen molar-refractivity contribution in [2.75, 3.05) is 6.61 Å². The van der Waals surface area contributed by atoms with E-state index in [-0.39, 0.29) is 22.6 Å². The fraction of sp³-hybridized carbons (Fsp3) is 0.500. The van der Waals surface area contributed by atoms with Crippen molar-refractivity contribution in [1.82, 2.24) is 0 Å². The van der Waals surface area contributed by atoms with Gasteiger partial charge in [0.25, 0.3) is 5.69 Å². The zero-order valence-electron chi connectivity index (χ0n) is 9.27. The van der Waals surface area contributed by atoms with Crippen LogP contribution in [0.1, 0.15) is 24.0 Å². The minimum absolute atomic E-state index is 0.0581. The van der Waals surface area contributed by atoms with Gasteiger partial charge in [0.05, 0.1) is 4.92 Å². The van der Waals surface area contributed by atoms with Crippen LogP contribution >= 0.6 is 0 Å². The molecule has 0 radical (unpaired) electrons. The minimum atomic E-state index is -0.363. The highest BCUT2D eigenvalue weighted by Crippen LogP contribution is 2.47. The quantitative estimate of drug-likeness (QED) is 0.626. The van der Waals surface area contributed by atoms with Crippen molar-refractivity contribution >= 4 is 5.69 Å². The number of aliphatic hydroxyl groups excluding tert-OH is 1. The van der Waals surface area contributed by atoms with E-state index >= 15 is 0 Å². The summed E-state index contributed by atoms with van der Waals surface area (Å²) in [7, 11) is 0. The molecular weight excluding hydrogens is 206 g/mol. The lowest BCUT2D eigenvalue weighted by molar-refractivity contribution is -0.385. The third-order valence-corrected chi connectivity index (χ3v) is 3.33. The van der Waals surface area contributed by atoms with Gasteiger partial charge in [0.15, 0.2) is 0 Å². The molecule has 2 rings (SSSR count). The highest BCUT2D eigenvalue weighted by molar-refractivity contribution is 5.42. The highest BCUT2D eigenvalue weighted by atomic mass is 16.6. The Morgan fingerprint density at radius 1 is 1.50 bits per heavy atom. The monoisotopic (exact) mass is 221 g/mol. The molecule has 0 aliphatic heterocycles. The molecule has 0 aromatic heterocycles. The molecule has 86 valence electrons. The first-order chi connectivity index (χ1) is 7.56. The van der Waals surface area contributed by atoms with Crippen LogP contribution in [0.25, 0.3) is 0 Å². The number of benzene rings is 1. The fourth-order valence-corrected chi connectivity index (χ4v) is 2.03. The third kappa shape index (κ3) is 2.07. The van der Waals surface area contributed by atoms with Gasteiger partial charge >= 0.3 is 0 Å². The summed E-state index contributed by atoms with van der Waals surface area (Å²) in [6, 6.07) is 5.20. The van der Waals surface area contributed by atoms with Crippen LogP contribution in [0, 0.1) is 22.5 Å². The first kappa shape index (κ1) is 11.1. The first-order valence-electron chi connectivity index (χ1n) is 5.41. The Labute approximate surface area is 94.1 Å². The summed E-state index contributed by atoms with van der Waals surface area (Å²) in [6.07, 6.45) is 2.93. The molecule has 16 heavy (non-hydrogen) atoms. The number of nitro benzene ring substituents is 1. The molecule has 1 saturated carbocycles. The molecule has 1 fully saturated rings. The van der Waals surface area contributed by atoms with Crippen LogP contribution in [-0.2, 0) is 6.42 Å². The van der Waals surface area contributed by atoms with Crippen molar-refractivity contribution in [2.45, 2.75) is 26.2 Å². The first-order valence-corrected chi connectivity index (χ1v) is 5.41. The number of hydrogen-bond acceptors (Lipinski definition) is 3. The van der Waals surface area contributed by atoms with Crippen molar-refractivity contribution in [2.24, 2.45) is 5.41 Å². The van der Waals surface area contributed by atoms with E-state index in [9.17, 15) is 15.2 Å². The number of aryl methyl sites for hydroxylation is 1. The Balaban J connectivity index is 2.18. The lowest BCUT2D eigenvalue weighted by atomic mass is 9.96. The van der Waals surface area contributed by atoms with Crippen molar-refractivity contribution in [1.29, 1.82) is 0 Å². The van der Waals surface area contributed by atoms with E-state index in [1.165, 1.54) is 0 Å². The molecule has 0 heterocycles. The highest BCUT2D eigenvalue weighted by Gasteiger charge is 2.41. The van der Waals surface area contributed by atoms with Gasteiger partial charge in [-0.3, -0.25) is 10.1 Å². The Morgan fingerprint density at radius 3 is 2.62 bits per heavy atom. The maximum Gasteiger partial charge on any atom is 0.272 e. The van der Waals surface area contributed by atoms with Crippen molar-refractivity contribution in [3.8, 4) is 0 Å². The summed E-state index contributed by atoms with van der Waals surface area (Å²) in [4.78, 5) is 10.3. The Bertz CT molecular complexity index is 424. The molecule has 0 spiro atoms. The number of hydrogen-bond donors (Lipinski definition) is 1. The number of aliphatic hydroxyl groups is 1. The summed E-state index contributed by atoms with van der Waals surface area (Å²) in [6.45, 7) is 1.96. The molecule has 1 aliphatic rings. The second-order valence-electron chi connectivity index (χ2n) is 4.71. The molecule has 4 heteroatoms. The largest absolute Gasteiger partial charge is 0.396 e. The normalized spacial score (nSPS) is 17.1. The van der Waals surface area contributed by atoms with Gasteiger partial charge in [0, 0.05) is 18.2 Å². The molecular formula is C12H15NO3. The maximum atomic E-state index is 10.7. The van der Waals surface area contributed by atoms with E-state index in [1.54, 1.807) is 19.1 Å². The van der Waals surface area contributed by atoms with Crippen LogP contribution in [0.15, 0.2) is 18.2 Å². The molecule has 0 atom stereocenters. The summed E-state index contributed by atoms with van der Waals surface area (Å²) in [5.41, 5.74) is 1.99. The molecule has 1 aromatic carbocycles. The van der Waals surface area contributed by atoms with E-state index in [0.29, 0.717) is 5.56 Å². The van der Waals surface area contributed by atoms with Crippen LogP contribution in [0.3, 0.4) is 0 Å². The second kappa shape index (κ2) is 3.87. The summed E-state index contributed by atoms with van der Waals surface area (Å²) in [5.74, 6) is 0. The second-order valence-corrected chi connectivity index (χ2v) is 4.71. The molecule has 1 N–H and O–H groups in total. The van der Waals surface area contributed by atoms with Gasteiger partial charge in [-0.25, -0.2) is 0 Å². The summed E-state index contributed by atoms with van der Waals surface area (Å²) >= 11 is 0. The SMILES string of the molecule is Cc1cc(CC2(CO)CC2)ccc1[N+](=O)[O-]. The van der Waals surface area contributed by atoms with Gasteiger partial charge in [-0.15, -0.1) is 0 Å². The lowest BCUT2D eigenvalue weighted by Crippen LogP contribution is -2.10. The third-order valence-electron chi connectivity index (χ3n) is 3.33. The van der Waals surface area contributed by atoms with Crippen molar-refractivity contribution in [3.63, 3.8) is 0 Å². The Morgan fingerprint density at radius 2 is 2.19 bits per heavy atom. The number of nitrogens with zero attached hydrogens (tertiary/aromatic N) is 1. The molecule has 0 unspecified atom stereocenters. The zero-order valence-corrected chi connectivity index (χ0v) is 9.27. The smallest absolute Gasteiger partial charge is 0.272 e. The molecule has 0 amide bonds. The number of rotatable bonds is 4. The summed E-state index contributed by atoms with van der Waals surface area (Å²) in [5, 5.41) is 19.9. The Hall–Kier alpha value is -1.42. The van der Waals surface area contributed by atoms with Crippen LogP contribution < -0.4 is 0 Å². The van der Waals surface area contributed by atoms with Gasteiger partial charge in [-0.05, 0) is 43.2 Å². The van der Waals surface area contributed by atoms with Crippen LogP contribution in [0.5, 0.6) is 0 Å². The molecule has 1 aliphatic carbocycles. The molecule has 4 nitrogen and oxygen atoms in total. The standard InChI is InChI=1S/C12H15NO3/c1-9-6-10(2-3-11(9)13(15)16)7-12(8-14)4-5-12/h2-3,6,14H,4-5,7-8H2,1H3. The van der Waals surface area contributed by atoms with Gasteiger partial charge in [0.2, 0.25) is 0 Å². The van der Waals surface area contributed by atoms with Crippen molar-refractivity contribution < 1.29 is 10.0 Å². The fourth-order valence-electron chi connectivity index (χ4n) is 2.03. The van der Waals surface area contributed by atoms with Crippen LogP contribution in [0.2, 0.25) is 0 Å². The van der Waals surface area contributed by atoms with E-state index in [1.807, 2.05) is 6.07 Å². The van der Waals surface area contributed by atoms with Gasteiger partial charge < -0.3 is 5.11 Å². The predicted molar refractivity (Wildman–Crippen MR) is 60.3 cm³/mol. The van der Waals surface area contributed by atoms with Gasteiger partial charge in [-0.1, -0.05) is 6.07 Å². The topological polar surface area (TPSA) is 63.4 Å². The zero-order chi connectivity index (χ0) is 11.8. The summed E-state index contributed by atoms with van der Waals surface area (Å²) < 4.78 is 0. The van der Waals surface area contributed by atoms with Gasteiger partial charge in [-0.2, -0.15) is 0 Å². The average Bonchev–Trinajstić information content (AvgIpc) is 2.98. The lowest BCUT2D eigenvalue weighted by Gasteiger charge is -2.11. The van der Waals surface area contributed by atoms with Crippen molar-refractivity contribution in [3.05, 3.63) is 39.4 Å². The van der Waals surface area contributed by atoms with E-state index in [2.05, 4.69) is 0 Å².